The Morgan fingerprint density at radius 2 is 1.88 bits per heavy atom. The maximum atomic E-state index is 17.2. The molecular formula is C40H40F2N6O3. The molecule has 5 aliphatic rings. The quantitative estimate of drug-likeness (QED) is 0.190. The van der Waals surface area contributed by atoms with Crippen LogP contribution >= 0.6 is 0 Å². The van der Waals surface area contributed by atoms with Crippen molar-refractivity contribution in [2.45, 2.75) is 55.6 Å². The molecule has 0 unspecified atom stereocenters. The van der Waals surface area contributed by atoms with Gasteiger partial charge in [0, 0.05) is 68.1 Å². The summed E-state index contributed by atoms with van der Waals surface area (Å²) in [5, 5.41) is 15.8. The fourth-order valence-corrected chi connectivity index (χ4v) is 9.70. The molecule has 5 saturated heterocycles. The van der Waals surface area contributed by atoms with Gasteiger partial charge < -0.3 is 24.8 Å². The molecule has 2 aromatic carbocycles. The normalized spacial score (nSPS) is 24.8. The molecule has 0 aliphatic carbocycles. The monoisotopic (exact) mass is 690 g/mol. The lowest BCUT2D eigenvalue weighted by Crippen LogP contribution is -2.63. The van der Waals surface area contributed by atoms with Crippen LogP contribution in [0.25, 0.3) is 32.9 Å². The second-order valence-corrected chi connectivity index (χ2v) is 15.2. The number of phenols is 1. The van der Waals surface area contributed by atoms with E-state index in [1.54, 1.807) is 6.20 Å². The van der Waals surface area contributed by atoms with Crippen LogP contribution in [0.15, 0.2) is 54.8 Å². The Balaban J connectivity index is 1.18. The molecule has 2 N–H and O–H groups in total. The van der Waals surface area contributed by atoms with E-state index in [-0.39, 0.29) is 56.6 Å². The van der Waals surface area contributed by atoms with E-state index in [1.165, 1.54) is 24.3 Å². The lowest BCUT2D eigenvalue weighted by molar-refractivity contribution is 0.0308. The van der Waals surface area contributed by atoms with Gasteiger partial charge in [-0.3, -0.25) is 9.88 Å². The fraction of sp³-hybridized carbons (Fsp3) is 0.425. The molecule has 0 spiro atoms. The number of aromatic hydroxyl groups is 1. The first-order valence-corrected chi connectivity index (χ1v) is 17.8. The molecular weight excluding hydrogens is 650 g/mol. The molecule has 4 aromatic rings. The van der Waals surface area contributed by atoms with Crippen LogP contribution in [0.3, 0.4) is 0 Å². The van der Waals surface area contributed by atoms with Crippen LogP contribution in [-0.4, -0.2) is 88.1 Å². The van der Waals surface area contributed by atoms with Gasteiger partial charge in [0.05, 0.1) is 16.5 Å². The third-order valence-electron chi connectivity index (χ3n) is 11.9. The van der Waals surface area contributed by atoms with Crippen molar-refractivity contribution in [1.29, 1.82) is 0 Å². The average molecular weight is 691 g/mol. The number of benzene rings is 2. The number of piperazine rings is 1. The third kappa shape index (κ3) is 5.26. The van der Waals surface area contributed by atoms with Crippen molar-refractivity contribution in [2.75, 3.05) is 50.9 Å². The van der Waals surface area contributed by atoms with E-state index in [9.17, 15) is 9.50 Å². The largest absolute Gasteiger partial charge is 0.508 e. The Kier molecular flexibility index (Phi) is 7.58. The van der Waals surface area contributed by atoms with Gasteiger partial charge in [-0.05, 0) is 68.0 Å². The molecule has 0 amide bonds. The number of hydrogen-bond acceptors (Lipinski definition) is 9. The first-order chi connectivity index (χ1) is 24.6. The first-order valence-electron chi connectivity index (χ1n) is 17.8. The van der Waals surface area contributed by atoms with E-state index in [0.717, 1.165) is 76.0 Å². The number of hydrogen-bond donors (Lipinski definition) is 2. The van der Waals surface area contributed by atoms with Crippen molar-refractivity contribution in [2.24, 2.45) is 5.92 Å². The van der Waals surface area contributed by atoms with Gasteiger partial charge in [-0.2, -0.15) is 9.97 Å². The third-order valence-corrected chi connectivity index (χ3v) is 11.9. The highest BCUT2D eigenvalue weighted by atomic mass is 19.1. The van der Waals surface area contributed by atoms with E-state index in [4.69, 9.17) is 25.9 Å². The van der Waals surface area contributed by atoms with Gasteiger partial charge in [0.1, 0.15) is 35.2 Å². The van der Waals surface area contributed by atoms with Gasteiger partial charge in [0.2, 0.25) is 0 Å². The van der Waals surface area contributed by atoms with Gasteiger partial charge in [-0.1, -0.05) is 36.3 Å². The van der Waals surface area contributed by atoms with E-state index >= 15 is 4.39 Å². The second kappa shape index (κ2) is 12.0. The van der Waals surface area contributed by atoms with Crippen LogP contribution in [0.5, 0.6) is 11.8 Å². The molecule has 5 aliphatic heterocycles. The van der Waals surface area contributed by atoms with E-state index in [2.05, 4.69) is 39.2 Å². The molecule has 2 aromatic heterocycles. The van der Waals surface area contributed by atoms with E-state index < -0.39 is 11.6 Å². The zero-order chi connectivity index (χ0) is 35.1. The number of phenolic OH excluding ortho intramolecular Hbond substituents is 1. The zero-order valence-corrected chi connectivity index (χ0v) is 28.5. The molecule has 2 atom stereocenters. The van der Waals surface area contributed by atoms with Crippen molar-refractivity contribution >= 4 is 27.5 Å². The maximum absolute atomic E-state index is 17.2. The summed E-state index contributed by atoms with van der Waals surface area (Å²) in [5.74, 6) is 1.94. The number of terminal acetylenes is 1. The molecule has 0 saturated carbocycles. The average Bonchev–Trinajstić information content (AvgIpc) is 3.72. The minimum absolute atomic E-state index is 0.0298. The summed E-state index contributed by atoms with van der Waals surface area (Å²) >= 11 is 0. The van der Waals surface area contributed by atoms with Gasteiger partial charge in [-0.15, -0.1) is 6.42 Å². The van der Waals surface area contributed by atoms with Crippen molar-refractivity contribution in [3.8, 4) is 35.4 Å². The van der Waals surface area contributed by atoms with Crippen LogP contribution in [0.1, 0.15) is 44.1 Å². The molecule has 0 radical (unpaired) electrons. The number of rotatable bonds is 6. The molecule has 9 rings (SSSR count). The number of aromatic nitrogens is 3. The number of pyridine rings is 1. The second-order valence-electron chi connectivity index (χ2n) is 15.2. The predicted octanol–water partition coefficient (Wildman–Crippen LogP) is 5.89. The lowest BCUT2D eigenvalue weighted by atomic mass is 9.77. The lowest BCUT2D eigenvalue weighted by Gasteiger charge is -2.47. The number of nitrogens with one attached hydrogen (secondary N) is 1. The minimum atomic E-state index is -0.736. The van der Waals surface area contributed by atoms with Crippen molar-refractivity contribution < 1.29 is 23.4 Å². The standard InChI is InChI=1S/C40H40F2N6O3/c1-4-29-32(41)6-5-25-13-28(49)14-30(33(25)29)35-34(42)36-31(17-43-35)37(47-20-27-7-10-40(21-47,46-27)26-8-11-50-12-9-26)45-38(44-36)51-22-39-15-23(2)18-48(39)19-24(3)16-39/h1,5-6,13-14,17,26-27,46,49H,2-3,7-12,15-16,18-22H2/t27-,40+/m0/s1. The molecule has 9 nitrogen and oxygen atoms in total. The summed E-state index contributed by atoms with van der Waals surface area (Å²) in [6, 6.07) is 5.89. The molecule has 262 valence electrons. The number of halogens is 2. The highest BCUT2D eigenvalue weighted by Gasteiger charge is 2.51. The first kappa shape index (κ1) is 32.3. The highest BCUT2D eigenvalue weighted by molar-refractivity contribution is 6.03. The summed E-state index contributed by atoms with van der Waals surface area (Å²) in [7, 11) is 0. The van der Waals surface area contributed by atoms with Crippen LogP contribution in [-0.2, 0) is 4.74 Å². The topological polar surface area (TPSA) is 95.9 Å². The van der Waals surface area contributed by atoms with E-state index in [0.29, 0.717) is 42.2 Å². The predicted molar refractivity (Wildman–Crippen MR) is 192 cm³/mol. The Bertz CT molecular complexity index is 2160. The van der Waals surface area contributed by atoms with Crippen LogP contribution in [0.2, 0.25) is 0 Å². The summed E-state index contributed by atoms with van der Waals surface area (Å²) in [5.41, 5.74) is 1.93. The van der Waals surface area contributed by atoms with Crippen molar-refractivity contribution in [1.82, 2.24) is 25.2 Å². The van der Waals surface area contributed by atoms with Gasteiger partial charge in [-0.25, -0.2) is 8.78 Å². The highest BCUT2D eigenvalue weighted by Crippen LogP contribution is 2.45. The maximum Gasteiger partial charge on any atom is 0.319 e. The number of anilines is 1. The summed E-state index contributed by atoms with van der Waals surface area (Å²) in [6.07, 6.45) is 12.9. The molecule has 2 bridgehead atoms. The Morgan fingerprint density at radius 3 is 2.65 bits per heavy atom. The molecule has 5 fully saturated rings. The Morgan fingerprint density at radius 1 is 1.10 bits per heavy atom. The van der Waals surface area contributed by atoms with Crippen LogP contribution in [0, 0.1) is 29.9 Å². The smallest absolute Gasteiger partial charge is 0.319 e. The van der Waals surface area contributed by atoms with Crippen LogP contribution < -0.4 is 15.0 Å². The van der Waals surface area contributed by atoms with E-state index in [1.807, 2.05) is 0 Å². The Labute approximate surface area is 295 Å². The number of fused-ring (bicyclic) bond motifs is 5. The SMILES string of the molecule is C#Cc1c(F)ccc2cc(O)cc(-c3ncc4c(N5C[C@@H]6CC[C@](C7CCOCC7)(C5)N6)nc(OCC56CC(=C)CN5CC(=C)C6)nc4c3F)c12. The molecule has 7 heterocycles. The summed E-state index contributed by atoms with van der Waals surface area (Å²) in [6.45, 7) is 13.2. The van der Waals surface area contributed by atoms with Gasteiger partial charge >= 0.3 is 6.01 Å². The van der Waals surface area contributed by atoms with Gasteiger partial charge in [0.15, 0.2) is 5.82 Å². The number of ether oxygens (including phenoxy) is 2. The number of nitrogens with zero attached hydrogens (tertiary/aromatic N) is 5. The van der Waals surface area contributed by atoms with Crippen molar-refractivity contribution in [3.05, 3.63) is 72.0 Å². The molecule has 11 heteroatoms. The van der Waals surface area contributed by atoms with Gasteiger partial charge in [0.25, 0.3) is 0 Å². The van der Waals surface area contributed by atoms with Crippen molar-refractivity contribution in [3.63, 3.8) is 0 Å². The molecule has 51 heavy (non-hydrogen) atoms. The summed E-state index contributed by atoms with van der Waals surface area (Å²) in [4.78, 5) is 18.9. The fourth-order valence-electron chi connectivity index (χ4n) is 9.70. The minimum Gasteiger partial charge on any atom is -0.508 e. The van der Waals surface area contributed by atoms with Crippen LogP contribution in [0.4, 0.5) is 14.6 Å². The Hall–Kier alpha value is -4.63. The zero-order valence-electron chi connectivity index (χ0n) is 28.5. The summed E-state index contributed by atoms with van der Waals surface area (Å²) < 4.78 is 44.3.